The molecule has 2 unspecified atom stereocenters. The van der Waals surface area contributed by atoms with Crippen LogP contribution in [0.2, 0.25) is 0 Å². The maximum atomic E-state index is 12.4. The summed E-state index contributed by atoms with van der Waals surface area (Å²) in [7, 11) is 0. The second kappa shape index (κ2) is 4.56. The lowest BCUT2D eigenvalue weighted by molar-refractivity contribution is -0.235. The molecule has 1 saturated carbocycles. The number of ether oxygens (including phenoxy) is 1. The molecule has 0 aromatic carbocycles. The van der Waals surface area contributed by atoms with Gasteiger partial charge >= 0.3 is 0 Å². The standard InChI is InChI=1S/C20H30O2/c1-7-18(4)11-8-15-19(5)12-10-16(21)17(2,3)14(19)9-13-20(15,6)22-18/h7,10,12,14-15H,1,8-9,11,13H2,2-6H3/t14?,15?,18-,19+,20-/m0/s1. The third-order valence-corrected chi connectivity index (χ3v) is 7.10. The van der Waals surface area contributed by atoms with Crippen molar-refractivity contribution in [2.75, 3.05) is 0 Å². The van der Waals surface area contributed by atoms with Crippen LogP contribution in [0.5, 0.6) is 0 Å². The number of rotatable bonds is 1. The van der Waals surface area contributed by atoms with Gasteiger partial charge in [0, 0.05) is 5.41 Å². The van der Waals surface area contributed by atoms with Crippen LogP contribution in [-0.4, -0.2) is 17.0 Å². The van der Waals surface area contributed by atoms with Crippen LogP contribution >= 0.6 is 0 Å². The number of hydrogen-bond acceptors (Lipinski definition) is 2. The van der Waals surface area contributed by atoms with E-state index in [-0.39, 0.29) is 27.8 Å². The molecule has 1 aliphatic heterocycles. The second-order valence-electron chi connectivity index (χ2n) is 8.90. The quantitative estimate of drug-likeness (QED) is 0.656. The van der Waals surface area contributed by atoms with Gasteiger partial charge in [-0.05, 0) is 62.9 Å². The van der Waals surface area contributed by atoms with Gasteiger partial charge < -0.3 is 4.74 Å². The molecule has 2 heteroatoms. The molecule has 0 spiro atoms. The SMILES string of the molecule is C=C[C@@]1(C)CCC2[C@]3(C)C=CC(=O)C(C)(C)C3CC[C@]2(C)O1. The highest BCUT2D eigenvalue weighted by atomic mass is 16.5. The first-order chi connectivity index (χ1) is 10.1. The molecule has 2 aliphatic carbocycles. The van der Waals surface area contributed by atoms with Crippen molar-refractivity contribution >= 4 is 5.78 Å². The van der Waals surface area contributed by atoms with Gasteiger partial charge in [-0.3, -0.25) is 4.79 Å². The van der Waals surface area contributed by atoms with E-state index in [1.165, 1.54) is 0 Å². The Morgan fingerprint density at radius 1 is 1.14 bits per heavy atom. The van der Waals surface area contributed by atoms with Crippen LogP contribution in [0.1, 0.15) is 60.3 Å². The molecule has 122 valence electrons. The van der Waals surface area contributed by atoms with Gasteiger partial charge in [0.25, 0.3) is 0 Å². The molecule has 2 nitrogen and oxygen atoms in total. The molecule has 3 aliphatic rings. The van der Waals surface area contributed by atoms with Gasteiger partial charge in [-0.15, -0.1) is 6.58 Å². The van der Waals surface area contributed by atoms with Crippen molar-refractivity contribution in [1.29, 1.82) is 0 Å². The zero-order valence-corrected chi connectivity index (χ0v) is 14.7. The number of fused-ring (bicyclic) bond motifs is 3. The average molecular weight is 302 g/mol. The van der Waals surface area contributed by atoms with E-state index in [1.54, 1.807) is 0 Å². The number of ketones is 1. The van der Waals surface area contributed by atoms with Crippen LogP contribution in [0.3, 0.4) is 0 Å². The predicted molar refractivity (Wildman–Crippen MR) is 89.6 cm³/mol. The number of carbonyl (C=O) groups excluding carboxylic acids is 1. The lowest BCUT2D eigenvalue weighted by Gasteiger charge is -2.63. The fourth-order valence-corrected chi connectivity index (χ4v) is 5.73. The maximum absolute atomic E-state index is 12.4. The molecule has 22 heavy (non-hydrogen) atoms. The summed E-state index contributed by atoms with van der Waals surface area (Å²) in [6.07, 6.45) is 10.2. The number of carbonyl (C=O) groups is 1. The van der Waals surface area contributed by atoms with Crippen molar-refractivity contribution in [3.8, 4) is 0 Å². The van der Waals surface area contributed by atoms with E-state index in [0.29, 0.717) is 11.8 Å². The maximum Gasteiger partial charge on any atom is 0.161 e. The Morgan fingerprint density at radius 2 is 1.77 bits per heavy atom. The van der Waals surface area contributed by atoms with Crippen LogP contribution in [0.25, 0.3) is 0 Å². The molecule has 0 amide bonds. The van der Waals surface area contributed by atoms with Gasteiger partial charge in [0.15, 0.2) is 5.78 Å². The second-order valence-corrected chi connectivity index (χ2v) is 8.90. The summed E-state index contributed by atoms with van der Waals surface area (Å²) >= 11 is 0. The summed E-state index contributed by atoms with van der Waals surface area (Å²) in [4.78, 5) is 12.4. The summed E-state index contributed by atoms with van der Waals surface area (Å²) in [6.45, 7) is 15.0. The van der Waals surface area contributed by atoms with Crippen molar-refractivity contribution in [3.63, 3.8) is 0 Å². The minimum absolute atomic E-state index is 0.0485. The summed E-state index contributed by atoms with van der Waals surface area (Å²) in [5, 5.41) is 0. The van der Waals surface area contributed by atoms with Crippen LogP contribution < -0.4 is 0 Å². The topological polar surface area (TPSA) is 26.3 Å². The molecule has 0 aromatic heterocycles. The molecule has 2 fully saturated rings. The Labute approximate surface area is 135 Å². The fourth-order valence-electron chi connectivity index (χ4n) is 5.73. The van der Waals surface area contributed by atoms with Gasteiger partial charge in [-0.1, -0.05) is 32.9 Å². The summed E-state index contributed by atoms with van der Waals surface area (Å²) in [5.74, 6) is 1.16. The van der Waals surface area contributed by atoms with Crippen molar-refractivity contribution in [3.05, 3.63) is 24.8 Å². The molecular formula is C20H30O2. The molecule has 0 aromatic rings. The van der Waals surface area contributed by atoms with E-state index in [2.05, 4.69) is 47.3 Å². The summed E-state index contributed by atoms with van der Waals surface area (Å²) in [5.41, 5.74) is -0.539. The third kappa shape index (κ3) is 1.99. The van der Waals surface area contributed by atoms with Crippen molar-refractivity contribution < 1.29 is 9.53 Å². The zero-order chi connectivity index (χ0) is 16.4. The summed E-state index contributed by atoms with van der Waals surface area (Å²) in [6, 6.07) is 0. The van der Waals surface area contributed by atoms with Crippen molar-refractivity contribution in [1.82, 2.24) is 0 Å². The normalized spacial score (nSPS) is 50.1. The van der Waals surface area contributed by atoms with E-state index in [1.807, 2.05) is 12.2 Å². The number of allylic oxidation sites excluding steroid dienone is 2. The van der Waals surface area contributed by atoms with Gasteiger partial charge in [0.1, 0.15) is 0 Å². The lowest BCUT2D eigenvalue weighted by atomic mass is 9.46. The first kappa shape index (κ1) is 16.0. The van der Waals surface area contributed by atoms with Crippen molar-refractivity contribution in [2.45, 2.75) is 71.5 Å². The van der Waals surface area contributed by atoms with E-state index in [4.69, 9.17) is 4.74 Å². The van der Waals surface area contributed by atoms with E-state index in [0.717, 1.165) is 25.7 Å². The first-order valence-electron chi connectivity index (χ1n) is 8.65. The van der Waals surface area contributed by atoms with Gasteiger partial charge in [-0.2, -0.15) is 0 Å². The van der Waals surface area contributed by atoms with Gasteiger partial charge in [0.2, 0.25) is 0 Å². The highest BCUT2D eigenvalue weighted by Crippen LogP contribution is 2.63. The zero-order valence-electron chi connectivity index (χ0n) is 14.7. The van der Waals surface area contributed by atoms with Crippen LogP contribution in [-0.2, 0) is 9.53 Å². The average Bonchev–Trinajstić information content (AvgIpc) is 2.42. The molecule has 1 heterocycles. The molecular weight excluding hydrogens is 272 g/mol. The fraction of sp³-hybridized carbons (Fsp3) is 0.750. The van der Waals surface area contributed by atoms with Gasteiger partial charge in [0.05, 0.1) is 11.2 Å². The van der Waals surface area contributed by atoms with E-state index < -0.39 is 0 Å². The monoisotopic (exact) mass is 302 g/mol. The van der Waals surface area contributed by atoms with Crippen LogP contribution in [0, 0.1) is 22.7 Å². The molecule has 5 atom stereocenters. The highest BCUT2D eigenvalue weighted by molar-refractivity contribution is 5.95. The Kier molecular flexibility index (Phi) is 3.32. The first-order valence-corrected chi connectivity index (χ1v) is 8.65. The molecule has 0 N–H and O–H groups in total. The Balaban J connectivity index is 2.02. The molecule has 0 radical (unpaired) electrons. The predicted octanol–water partition coefficient (Wildman–Crippen LogP) is 4.70. The van der Waals surface area contributed by atoms with E-state index in [9.17, 15) is 4.79 Å². The number of hydrogen-bond donors (Lipinski definition) is 0. The Bertz CT molecular complexity index is 546. The minimum Gasteiger partial charge on any atom is -0.365 e. The Hall–Kier alpha value is -0.890. The van der Waals surface area contributed by atoms with Gasteiger partial charge in [-0.25, -0.2) is 0 Å². The molecule has 1 saturated heterocycles. The lowest BCUT2D eigenvalue weighted by Crippen LogP contribution is -2.62. The smallest absolute Gasteiger partial charge is 0.161 e. The van der Waals surface area contributed by atoms with Crippen LogP contribution in [0.15, 0.2) is 24.8 Å². The third-order valence-electron chi connectivity index (χ3n) is 7.10. The van der Waals surface area contributed by atoms with E-state index >= 15 is 0 Å². The Morgan fingerprint density at radius 3 is 2.41 bits per heavy atom. The van der Waals surface area contributed by atoms with Crippen molar-refractivity contribution in [2.24, 2.45) is 22.7 Å². The minimum atomic E-state index is -0.260. The summed E-state index contributed by atoms with van der Waals surface area (Å²) < 4.78 is 6.59. The highest BCUT2D eigenvalue weighted by Gasteiger charge is 2.61. The van der Waals surface area contributed by atoms with Crippen LogP contribution in [0.4, 0.5) is 0 Å². The molecule has 0 bridgehead atoms. The molecule has 3 rings (SSSR count). The largest absolute Gasteiger partial charge is 0.365 e.